The monoisotopic (exact) mass is 298 g/mol. The van der Waals surface area contributed by atoms with Gasteiger partial charge in [-0.05, 0) is 26.0 Å². The number of rotatable bonds is 11. The minimum atomic E-state index is -0.0481. The molecule has 0 atom stereocenters. The molecule has 0 unspecified atom stereocenters. The smallest absolute Gasteiger partial charge is 0.226 e. The van der Waals surface area contributed by atoms with Crippen LogP contribution in [0.4, 0.5) is 0 Å². The van der Waals surface area contributed by atoms with Crippen LogP contribution in [0, 0.1) is 0 Å². The van der Waals surface area contributed by atoms with Gasteiger partial charge in [0, 0.05) is 18.7 Å². The van der Waals surface area contributed by atoms with E-state index in [0.717, 1.165) is 18.0 Å². The number of ether oxygens (including phenoxy) is 2. The maximum Gasteiger partial charge on any atom is 0.226 e. The summed E-state index contributed by atoms with van der Waals surface area (Å²) in [4.78, 5) is 16.8. The Labute approximate surface area is 126 Å². The summed E-state index contributed by atoms with van der Waals surface area (Å²) in [5.41, 5.74) is 3.60. The van der Waals surface area contributed by atoms with Crippen LogP contribution in [0.1, 0.15) is 33.6 Å². The molecule has 0 radical (unpaired) electrons. The van der Waals surface area contributed by atoms with Crippen molar-refractivity contribution >= 4 is 5.91 Å². The first-order valence-corrected chi connectivity index (χ1v) is 7.41. The largest absolute Gasteiger partial charge is 0.491 e. The molecule has 0 aromatic rings. The number of carbonyl (C=O) groups excluding carboxylic acids is 1. The zero-order chi connectivity index (χ0) is 15.5. The molecule has 0 aromatic carbocycles. The molecular weight excluding hydrogens is 272 g/mol. The van der Waals surface area contributed by atoms with Crippen molar-refractivity contribution < 1.29 is 19.1 Å². The number of allylic oxidation sites excluding steroid dienone is 2. The number of hydrogen-bond acceptors (Lipinski definition) is 5. The van der Waals surface area contributed by atoms with Crippen LogP contribution in [0.25, 0.3) is 0 Å². The van der Waals surface area contributed by atoms with Gasteiger partial charge in [0.2, 0.25) is 5.91 Å². The molecule has 1 aliphatic carbocycles. The highest BCUT2D eigenvalue weighted by molar-refractivity contribution is 5.78. The fourth-order valence-corrected chi connectivity index (χ4v) is 1.72. The van der Waals surface area contributed by atoms with Crippen molar-refractivity contribution in [2.45, 2.75) is 39.7 Å². The van der Waals surface area contributed by atoms with Crippen molar-refractivity contribution in [2.75, 3.05) is 26.4 Å². The van der Waals surface area contributed by atoms with E-state index in [1.54, 1.807) is 0 Å². The summed E-state index contributed by atoms with van der Waals surface area (Å²) in [5.74, 6) is 0.769. The molecule has 21 heavy (non-hydrogen) atoms. The van der Waals surface area contributed by atoms with Gasteiger partial charge in [-0.25, -0.2) is 5.48 Å². The maximum absolute atomic E-state index is 11.7. The molecule has 1 rings (SSSR count). The number of hydroxylamine groups is 1. The second kappa shape index (κ2) is 10.4. The van der Waals surface area contributed by atoms with Gasteiger partial charge in [0.1, 0.15) is 5.76 Å². The van der Waals surface area contributed by atoms with Crippen molar-refractivity contribution in [2.24, 2.45) is 0 Å². The first kappa shape index (κ1) is 17.7. The lowest BCUT2D eigenvalue weighted by Gasteiger charge is -2.08. The Kier molecular flexibility index (Phi) is 8.73. The highest BCUT2D eigenvalue weighted by Crippen LogP contribution is 2.17. The van der Waals surface area contributed by atoms with Crippen LogP contribution in [-0.2, 0) is 19.1 Å². The molecule has 0 saturated carbocycles. The average molecular weight is 298 g/mol. The summed E-state index contributed by atoms with van der Waals surface area (Å²) in [7, 11) is 0. The molecule has 0 bridgehead atoms. The van der Waals surface area contributed by atoms with Crippen LogP contribution in [0.5, 0.6) is 0 Å². The predicted molar refractivity (Wildman–Crippen MR) is 80.2 cm³/mol. The third kappa shape index (κ3) is 8.49. The quantitative estimate of drug-likeness (QED) is 0.448. The van der Waals surface area contributed by atoms with Crippen LogP contribution >= 0.6 is 0 Å². The highest BCUT2D eigenvalue weighted by Gasteiger charge is 2.11. The Balaban J connectivity index is 2.07. The molecule has 0 fully saturated rings. The standard InChI is InChI=1S/C15H26N2O4/c1-4-16-20-10-9-19-8-7-15(18)17-13-5-6-14(11-13)21-12(2)3/h6,11-12,16H,4-5,7-10H2,1-3H3,(H,17,18). The van der Waals surface area contributed by atoms with Gasteiger partial charge >= 0.3 is 0 Å². The topological polar surface area (TPSA) is 68.8 Å². The SMILES string of the molecule is CCNOCCOCCC(=O)NC1=CC(OC(C)C)=CC1. The molecule has 2 N–H and O–H groups in total. The Morgan fingerprint density at radius 3 is 2.86 bits per heavy atom. The summed E-state index contributed by atoms with van der Waals surface area (Å²) in [5, 5.41) is 2.86. The number of nitrogens with one attached hydrogen (secondary N) is 2. The average Bonchev–Trinajstić information content (AvgIpc) is 2.84. The fraction of sp³-hybridized carbons (Fsp3) is 0.667. The lowest BCUT2D eigenvalue weighted by molar-refractivity contribution is -0.121. The van der Waals surface area contributed by atoms with Crippen LogP contribution in [-0.4, -0.2) is 38.4 Å². The molecule has 0 heterocycles. The van der Waals surface area contributed by atoms with Gasteiger partial charge in [-0.2, -0.15) is 0 Å². The van der Waals surface area contributed by atoms with E-state index in [1.807, 2.05) is 32.9 Å². The van der Waals surface area contributed by atoms with E-state index < -0.39 is 0 Å². The Bertz CT molecular complexity index is 378. The fourth-order valence-electron chi connectivity index (χ4n) is 1.72. The minimum absolute atomic E-state index is 0.0481. The Hall–Kier alpha value is -1.37. The van der Waals surface area contributed by atoms with E-state index in [1.165, 1.54) is 0 Å². The van der Waals surface area contributed by atoms with Gasteiger partial charge in [0.15, 0.2) is 0 Å². The van der Waals surface area contributed by atoms with Crippen LogP contribution in [0.3, 0.4) is 0 Å². The molecule has 0 spiro atoms. The van der Waals surface area contributed by atoms with E-state index in [4.69, 9.17) is 14.3 Å². The maximum atomic E-state index is 11.7. The van der Waals surface area contributed by atoms with E-state index in [9.17, 15) is 4.79 Å². The molecule has 0 aliphatic heterocycles. The first-order valence-electron chi connectivity index (χ1n) is 7.41. The summed E-state index contributed by atoms with van der Waals surface area (Å²) in [6.45, 7) is 7.99. The van der Waals surface area contributed by atoms with Gasteiger partial charge < -0.3 is 14.8 Å². The highest BCUT2D eigenvalue weighted by atomic mass is 16.7. The lowest BCUT2D eigenvalue weighted by Crippen LogP contribution is -2.24. The molecular formula is C15H26N2O4. The van der Waals surface area contributed by atoms with Gasteiger partial charge in [0.25, 0.3) is 0 Å². The zero-order valence-electron chi connectivity index (χ0n) is 13.1. The molecule has 1 amide bonds. The minimum Gasteiger partial charge on any atom is -0.491 e. The Morgan fingerprint density at radius 2 is 2.14 bits per heavy atom. The third-order valence-corrected chi connectivity index (χ3v) is 2.56. The van der Waals surface area contributed by atoms with Crippen molar-refractivity contribution in [3.63, 3.8) is 0 Å². The van der Waals surface area contributed by atoms with E-state index >= 15 is 0 Å². The third-order valence-electron chi connectivity index (χ3n) is 2.56. The number of hydrogen-bond donors (Lipinski definition) is 2. The van der Waals surface area contributed by atoms with E-state index in [2.05, 4.69) is 10.8 Å². The van der Waals surface area contributed by atoms with Crippen molar-refractivity contribution in [1.29, 1.82) is 0 Å². The van der Waals surface area contributed by atoms with Gasteiger partial charge in [-0.1, -0.05) is 6.92 Å². The summed E-state index contributed by atoms with van der Waals surface area (Å²) in [6.07, 6.45) is 5.00. The normalized spacial score (nSPS) is 14.1. The number of carbonyl (C=O) groups is 1. The van der Waals surface area contributed by atoms with Gasteiger partial charge in [-0.3, -0.25) is 9.63 Å². The summed E-state index contributed by atoms with van der Waals surface area (Å²) >= 11 is 0. The van der Waals surface area contributed by atoms with Crippen LogP contribution in [0.2, 0.25) is 0 Å². The van der Waals surface area contributed by atoms with Crippen LogP contribution in [0.15, 0.2) is 23.6 Å². The number of amides is 1. The van der Waals surface area contributed by atoms with Gasteiger partial charge in [-0.15, -0.1) is 0 Å². The second-order valence-corrected chi connectivity index (χ2v) is 4.90. The lowest BCUT2D eigenvalue weighted by atomic mass is 10.3. The Morgan fingerprint density at radius 1 is 1.33 bits per heavy atom. The molecule has 0 saturated heterocycles. The van der Waals surface area contributed by atoms with Gasteiger partial charge in [0.05, 0.1) is 32.3 Å². The molecule has 6 heteroatoms. The predicted octanol–water partition coefficient (Wildman–Crippen LogP) is 1.65. The summed E-state index contributed by atoms with van der Waals surface area (Å²) in [6, 6.07) is 0. The molecule has 120 valence electrons. The van der Waals surface area contributed by atoms with Crippen molar-refractivity contribution in [1.82, 2.24) is 10.8 Å². The van der Waals surface area contributed by atoms with E-state index in [-0.39, 0.29) is 12.0 Å². The first-order chi connectivity index (χ1) is 10.1. The second-order valence-electron chi connectivity index (χ2n) is 4.90. The van der Waals surface area contributed by atoms with Crippen LogP contribution < -0.4 is 10.8 Å². The van der Waals surface area contributed by atoms with Crippen molar-refractivity contribution in [3.05, 3.63) is 23.6 Å². The van der Waals surface area contributed by atoms with Crippen molar-refractivity contribution in [3.8, 4) is 0 Å². The molecule has 0 aromatic heterocycles. The zero-order valence-corrected chi connectivity index (χ0v) is 13.1. The molecule has 1 aliphatic rings. The molecule has 6 nitrogen and oxygen atoms in total. The van der Waals surface area contributed by atoms with E-state index in [0.29, 0.717) is 32.7 Å². The summed E-state index contributed by atoms with van der Waals surface area (Å²) < 4.78 is 10.9.